The molecule has 1 aromatic carbocycles. The van der Waals surface area contributed by atoms with E-state index in [9.17, 15) is 4.39 Å². The minimum Gasteiger partial charge on any atom is -0.206 e. The fourth-order valence-corrected chi connectivity index (χ4v) is 1.35. The number of halogens is 2. The zero-order valence-electron chi connectivity index (χ0n) is 7.27. The van der Waals surface area contributed by atoms with Crippen molar-refractivity contribution in [1.29, 1.82) is 0 Å². The van der Waals surface area contributed by atoms with Gasteiger partial charge in [0.05, 0.1) is 5.38 Å². The Morgan fingerprint density at radius 3 is 2.67 bits per heavy atom. The molecule has 0 aromatic heterocycles. The SMILES string of the molecule is CCc1cccc(C(C)Cl)c1F. The van der Waals surface area contributed by atoms with Gasteiger partial charge in [0.25, 0.3) is 0 Å². The third kappa shape index (κ3) is 1.78. The van der Waals surface area contributed by atoms with Crippen LogP contribution in [0, 0.1) is 5.82 Å². The minimum absolute atomic E-state index is 0.150. The van der Waals surface area contributed by atoms with Gasteiger partial charge in [-0.1, -0.05) is 25.1 Å². The normalized spacial score (nSPS) is 13.0. The van der Waals surface area contributed by atoms with Crippen LogP contribution >= 0.6 is 11.6 Å². The average Bonchev–Trinajstić information content (AvgIpc) is 2.04. The average molecular weight is 187 g/mol. The molecule has 0 fully saturated rings. The lowest BCUT2D eigenvalue weighted by molar-refractivity contribution is 0.595. The monoisotopic (exact) mass is 186 g/mol. The van der Waals surface area contributed by atoms with Crippen LogP contribution in [-0.2, 0) is 6.42 Å². The van der Waals surface area contributed by atoms with Crippen LogP contribution in [0.15, 0.2) is 18.2 Å². The summed E-state index contributed by atoms with van der Waals surface area (Å²) in [5.74, 6) is -0.150. The summed E-state index contributed by atoms with van der Waals surface area (Å²) in [4.78, 5) is 0. The second-order valence-corrected chi connectivity index (χ2v) is 3.44. The summed E-state index contributed by atoms with van der Waals surface area (Å²) in [7, 11) is 0. The summed E-state index contributed by atoms with van der Waals surface area (Å²) in [6, 6.07) is 5.36. The Morgan fingerprint density at radius 1 is 1.50 bits per heavy atom. The zero-order chi connectivity index (χ0) is 9.14. The van der Waals surface area contributed by atoms with Crippen molar-refractivity contribution in [2.75, 3.05) is 0 Å². The lowest BCUT2D eigenvalue weighted by Crippen LogP contribution is -1.95. The molecule has 1 aromatic rings. The number of benzene rings is 1. The third-order valence-corrected chi connectivity index (χ3v) is 2.15. The maximum absolute atomic E-state index is 13.4. The molecular weight excluding hydrogens is 175 g/mol. The highest BCUT2D eigenvalue weighted by Crippen LogP contribution is 2.24. The molecule has 0 nitrogen and oxygen atoms in total. The van der Waals surface area contributed by atoms with Crippen LogP contribution in [0.5, 0.6) is 0 Å². The molecule has 66 valence electrons. The van der Waals surface area contributed by atoms with Gasteiger partial charge in [-0.25, -0.2) is 4.39 Å². The van der Waals surface area contributed by atoms with E-state index in [0.29, 0.717) is 12.0 Å². The third-order valence-electron chi connectivity index (χ3n) is 1.92. The highest BCUT2D eigenvalue weighted by atomic mass is 35.5. The van der Waals surface area contributed by atoms with E-state index in [1.54, 1.807) is 19.1 Å². The minimum atomic E-state index is -0.253. The van der Waals surface area contributed by atoms with E-state index in [-0.39, 0.29) is 11.2 Å². The summed E-state index contributed by atoms with van der Waals surface area (Å²) >= 11 is 5.80. The van der Waals surface area contributed by atoms with Crippen LogP contribution in [0.2, 0.25) is 0 Å². The molecule has 0 bridgehead atoms. The largest absolute Gasteiger partial charge is 0.206 e. The van der Waals surface area contributed by atoms with Gasteiger partial charge in [-0.3, -0.25) is 0 Å². The smallest absolute Gasteiger partial charge is 0.131 e. The molecule has 12 heavy (non-hydrogen) atoms. The van der Waals surface area contributed by atoms with Gasteiger partial charge in [-0.05, 0) is 18.9 Å². The first-order chi connectivity index (χ1) is 5.66. The Balaban J connectivity index is 3.14. The number of aryl methyl sites for hydroxylation is 1. The van der Waals surface area contributed by atoms with Crippen LogP contribution in [0.1, 0.15) is 30.4 Å². The molecule has 2 heteroatoms. The number of hydrogen-bond acceptors (Lipinski definition) is 0. The second-order valence-electron chi connectivity index (χ2n) is 2.79. The van der Waals surface area contributed by atoms with Crippen molar-refractivity contribution in [2.24, 2.45) is 0 Å². The van der Waals surface area contributed by atoms with Crippen LogP contribution in [0.4, 0.5) is 4.39 Å². The second kappa shape index (κ2) is 3.90. The Kier molecular flexibility index (Phi) is 3.10. The van der Waals surface area contributed by atoms with Crippen LogP contribution in [-0.4, -0.2) is 0 Å². The standard InChI is InChI=1S/C10H12ClF/c1-3-8-5-4-6-9(7(2)11)10(8)12/h4-7H,3H2,1-2H3. The number of alkyl halides is 1. The van der Waals surface area contributed by atoms with Crippen molar-refractivity contribution < 1.29 is 4.39 Å². The highest BCUT2D eigenvalue weighted by molar-refractivity contribution is 6.20. The van der Waals surface area contributed by atoms with E-state index < -0.39 is 0 Å². The van der Waals surface area contributed by atoms with Crippen molar-refractivity contribution in [2.45, 2.75) is 25.6 Å². The first-order valence-electron chi connectivity index (χ1n) is 4.08. The van der Waals surface area contributed by atoms with Crippen molar-refractivity contribution in [3.63, 3.8) is 0 Å². The van der Waals surface area contributed by atoms with Gasteiger partial charge >= 0.3 is 0 Å². The molecule has 0 aliphatic rings. The molecule has 0 saturated carbocycles. The lowest BCUT2D eigenvalue weighted by atomic mass is 10.1. The topological polar surface area (TPSA) is 0 Å². The number of rotatable bonds is 2. The molecule has 0 aliphatic heterocycles. The fraction of sp³-hybridized carbons (Fsp3) is 0.400. The number of hydrogen-bond donors (Lipinski definition) is 0. The molecule has 1 rings (SSSR count). The summed E-state index contributed by atoms with van der Waals surface area (Å²) < 4.78 is 13.4. The van der Waals surface area contributed by atoms with Gasteiger partial charge in [-0.15, -0.1) is 11.6 Å². The molecule has 1 unspecified atom stereocenters. The van der Waals surface area contributed by atoms with Crippen molar-refractivity contribution in [3.8, 4) is 0 Å². The Bertz CT molecular complexity index is 269. The lowest BCUT2D eigenvalue weighted by Gasteiger charge is -2.07. The van der Waals surface area contributed by atoms with Gasteiger partial charge in [-0.2, -0.15) is 0 Å². The maximum Gasteiger partial charge on any atom is 0.131 e. The quantitative estimate of drug-likeness (QED) is 0.618. The van der Waals surface area contributed by atoms with Gasteiger partial charge in [0, 0.05) is 5.56 Å². The van der Waals surface area contributed by atoms with Crippen molar-refractivity contribution in [1.82, 2.24) is 0 Å². The van der Waals surface area contributed by atoms with Crippen LogP contribution in [0.3, 0.4) is 0 Å². The molecule has 0 radical (unpaired) electrons. The Hall–Kier alpha value is -0.560. The molecule has 0 spiro atoms. The van der Waals surface area contributed by atoms with Crippen LogP contribution in [0.25, 0.3) is 0 Å². The first kappa shape index (κ1) is 9.53. The van der Waals surface area contributed by atoms with Crippen LogP contribution < -0.4 is 0 Å². The molecule has 0 aliphatic carbocycles. The van der Waals surface area contributed by atoms with Crippen molar-refractivity contribution >= 4 is 11.6 Å². The molecule has 0 N–H and O–H groups in total. The van der Waals surface area contributed by atoms with Gasteiger partial charge in [0.2, 0.25) is 0 Å². The van der Waals surface area contributed by atoms with Gasteiger partial charge in [0.1, 0.15) is 5.82 Å². The summed E-state index contributed by atoms with van der Waals surface area (Å²) in [6.07, 6.45) is 0.712. The first-order valence-corrected chi connectivity index (χ1v) is 4.51. The molecule has 0 heterocycles. The summed E-state index contributed by atoms with van der Waals surface area (Å²) in [5.41, 5.74) is 1.33. The van der Waals surface area contributed by atoms with Gasteiger partial charge in [0.15, 0.2) is 0 Å². The predicted molar refractivity (Wildman–Crippen MR) is 50.0 cm³/mol. The highest BCUT2D eigenvalue weighted by Gasteiger charge is 2.10. The molecule has 0 amide bonds. The maximum atomic E-state index is 13.4. The predicted octanol–water partition coefficient (Wildman–Crippen LogP) is 3.69. The van der Waals surface area contributed by atoms with Gasteiger partial charge < -0.3 is 0 Å². The molecule has 0 saturated heterocycles. The fourth-order valence-electron chi connectivity index (χ4n) is 1.18. The van der Waals surface area contributed by atoms with E-state index in [4.69, 9.17) is 11.6 Å². The van der Waals surface area contributed by atoms with E-state index in [2.05, 4.69) is 0 Å². The molecule has 1 atom stereocenters. The Labute approximate surface area is 77.4 Å². The molecular formula is C10H12ClF. The van der Waals surface area contributed by atoms with E-state index in [1.165, 1.54) is 0 Å². The summed E-state index contributed by atoms with van der Waals surface area (Å²) in [5, 5.41) is -0.253. The summed E-state index contributed by atoms with van der Waals surface area (Å²) in [6.45, 7) is 3.71. The van der Waals surface area contributed by atoms with E-state index in [0.717, 1.165) is 5.56 Å². The van der Waals surface area contributed by atoms with E-state index >= 15 is 0 Å². The van der Waals surface area contributed by atoms with Crippen molar-refractivity contribution in [3.05, 3.63) is 35.1 Å². The Morgan fingerprint density at radius 2 is 2.17 bits per heavy atom. The van der Waals surface area contributed by atoms with E-state index in [1.807, 2.05) is 13.0 Å². The zero-order valence-corrected chi connectivity index (χ0v) is 8.03.